The summed E-state index contributed by atoms with van der Waals surface area (Å²) < 4.78 is 32.2. The monoisotopic (exact) mass is 293 g/mol. The minimum Gasteiger partial charge on any atom is -0.489 e. The molecule has 0 aliphatic rings. The number of benzene rings is 2. The second-order valence-corrected chi connectivity index (χ2v) is 4.40. The molecule has 0 heterocycles. The van der Waals surface area contributed by atoms with E-state index in [9.17, 15) is 8.78 Å². The average molecular weight is 294 g/mol. The molecule has 0 aliphatic carbocycles. The van der Waals surface area contributed by atoms with E-state index in [0.29, 0.717) is 11.1 Å². The van der Waals surface area contributed by atoms with Gasteiger partial charge >= 0.3 is 0 Å². The van der Waals surface area contributed by atoms with Crippen molar-refractivity contribution >= 4 is 11.6 Å². The Kier molecular flexibility index (Phi) is 4.54. The van der Waals surface area contributed by atoms with Crippen LogP contribution in [0.4, 0.5) is 8.78 Å². The third-order valence-corrected chi connectivity index (χ3v) is 2.96. The third-order valence-electron chi connectivity index (χ3n) is 2.65. The number of hydrogen-bond donors (Lipinski definition) is 0. The van der Waals surface area contributed by atoms with E-state index in [-0.39, 0.29) is 23.8 Å². The van der Waals surface area contributed by atoms with Crippen molar-refractivity contribution < 1.29 is 13.5 Å². The molecule has 2 nitrogen and oxygen atoms in total. The predicted molar refractivity (Wildman–Crippen MR) is 71.4 cm³/mol. The lowest BCUT2D eigenvalue weighted by molar-refractivity contribution is 0.298. The zero-order valence-electron chi connectivity index (χ0n) is 10.4. The highest BCUT2D eigenvalue weighted by Gasteiger charge is 2.06. The van der Waals surface area contributed by atoms with E-state index in [0.717, 1.165) is 0 Å². The lowest BCUT2D eigenvalue weighted by Gasteiger charge is -2.09. The van der Waals surface area contributed by atoms with Gasteiger partial charge in [0.25, 0.3) is 0 Å². The van der Waals surface area contributed by atoms with Crippen LogP contribution in [0, 0.1) is 23.0 Å². The van der Waals surface area contributed by atoms with E-state index in [2.05, 4.69) is 0 Å². The van der Waals surface area contributed by atoms with Gasteiger partial charge in [0.05, 0.1) is 11.6 Å². The molecule has 0 unspecified atom stereocenters. The van der Waals surface area contributed by atoms with Gasteiger partial charge in [0.15, 0.2) is 0 Å². The number of halogens is 3. The van der Waals surface area contributed by atoms with Gasteiger partial charge in [-0.2, -0.15) is 5.26 Å². The third kappa shape index (κ3) is 3.46. The maximum absolute atomic E-state index is 13.5. The van der Waals surface area contributed by atoms with Gasteiger partial charge in [0, 0.05) is 17.5 Å². The fourth-order valence-electron chi connectivity index (χ4n) is 1.70. The summed E-state index contributed by atoms with van der Waals surface area (Å²) in [5.74, 6) is -0.517. The molecule has 0 bridgehead atoms. The van der Waals surface area contributed by atoms with Crippen LogP contribution in [-0.4, -0.2) is 0 Å². The summed E-state index contributed by atoms with van der Waals surface area (Å²) in [6, 6.07) is 9.99. The van der Waals surface area contributed by atoms with Crippen LogP contribution in [0.1, 0.15) is 16.7 Å². The van der Waals surface area contributed by atoms with Gasteiger partial charge in [0.2, 0.25) is 0 Å². The molecule has 2 aromatic rings. The van der Waals surface area contributed by atoms with Crippen LogP contribution < -0.4 is 4.74 Å². The second-order valence-electron chi connectivity index (χ2n) is 4.14. The number of nitrogens with zero attached hydrogens (tertiary/aromatic N) is 1. The number of rotatable bonds is 4. The molecule has 0 N–H and O–H groups in total. The number of alkyl halides is 1. The summed E-state index contributed by atoms with van der Waals surface area (Å²) in [7, 11) is 0. The van der Waals surface area contributed by atoms with E-state index in [1.54, 1.807) is 6.07 Å². The van der Waals surface area contributed by atoms with E-state index < -0.39 is 11.6 Å². The SMILES string of the molecule is N#Cc1ccc(F)c(COc2cc(F)cc(CCl)c2)c1. The molecule has 0 saturated heterocycles. The Balaban J connectivity index is 2.16. The number of nitriles is 1. The van der Waals surface area contributed by atoms with Crippen molar-refractivity contribution in [1.82, 2.24) is 0 Å². The lowest BCUT2D eigenvalue weighted by Crippen LogP contribution is -2.00. The molecule has 102 valence electrons. The molecule has 2 rings (SSSR count). The Morgan fingerprint density at radius 1 is 1.15 bits per heavy atom. The zero-order chi connectivity index (χ0) is 14.5. The first kappa shape index (κ1) is 14.3. The molecular formula is C15H10ClF2NO. The van der Waals surface area contributed by atoms with E-state index in [4.69, 9.17) is 21.6 Å². The van der Waals surface area contributed by atoms with Crippen molar-refractivity contribution in [3.63, 3.8) is 0 Å². The summed E-state index contributed by atoms with van der Waals surface area (Å²) >= 11 is 5.63. The van der Waals surface area contributed by atoms with Crippen LogP contribution in [0.2, 0.25) is 0 Å². The van der Waals surface area contributed by atoms with Crippen LogP contribution in [0.15, 0.2) is 36.4 Å². The fourth-order valence-corrected chi connectivity index (χ4v) is 1.85. The average Bonchev–Trinajstić information content (AvgIpc) is 2.45. The smallest absolute Gasteiger partial charge is 0.129 e. The Labute approximate surface area is 120 Å². The quantitative estimate of drug-likeness (QED) is 0.793. The molecule has 2 aromatic carbocycles. The van der Waals surface area contributed by atoms with E-state index in [1.807, 2.05) is 6.07 Å². The summed E-state index contributed by atoms with van der Waals surface area (Å²) in [5, 5.41) is 8.77. The molecule has 0 saturated carbocycles. The summed E-state index contributed by atoms with van der Waals surface area (Å²) in [4.78, 5) is 0. The van der Waals surface area contributed by atoms with Crippen molar-refractivity contribution in [3.05, 3.63) is 64.7 Å². The van der Waals surface area contributed by atoms with Gasteiger partial charge in [0.1, 0.15) is 24.0 Å². The highest BCUT2D eigenvalue weighted by atomic mass is 35.5. The second kappa shape index (κ2) is 6.36. The number of hydrogen-bond acceptors (Lipinski definition) is 2. The molecule has 0 aliphatic heterocycles. The molecule has 5 heteroatoms. The standard InChI is InChI=1S/C15H10ClF2NO/c16-7-11-4-13(17)6-14(5-11)20-9-12-3-10(8-19)1-2-15(12)18/h1-6H,7,9H2. The maximum Gasteiger partial charge on any atom is 0.129 e. The molecule has 0 amide bonds. The Bertz CT molecular complexity index is 667. The maximum atomic E-state index is 13.5. The molecular weight excluding hydrogens is 284 g/mol. The topological polar surface area (TPSA) is 33.0 Å². The van der Waals surface area contributed by atoms with Crippen LogP contribution in [0.25, 0.3) is 0 Å². The van der Waals surface area contributed by atoms with Crippen LogP contribution in [0.5, 0.6) is 5.75 Å². The highest BCUT2D eigenvalue weighted by Crippen LogP contribution is 2.20. The summed E-state index contributed by atoms with van der Waals surface area (Å²) in [5.41, 5.74) is 1.15. The predicted octanol–water partition coefficient (Wildman–Crippen LogP) is 4.15. The normalized spacial score (nSPS) is 10.1. The molecule has 0 radical (unpaired) electrons. The first-order valence-corrected chi connectivity index (χ1v) is 6.32. The van der Waals surface area contributed by atoms with Crippen molar-refractivity contribution in [1.29, 1.82) is 5.26 Å². The van der Waals surface area contributed by atoms with Gasteiger partial charge in [-0.15, -0.1) is 11.6 Å². The van der Waals surface area contributed by atoms with Crippen molar-refractivity contribution in [2.75, 3.05) is 0 Å². The van der Waals surface area contributed by atoms with Gasteiger partial charge in [-0.05, 0) is 35.9 Å². The van der Waals surface area contributed by atoms with Crippen molar-refractivity contribution in [2.24, 2.45) is 0 Å². The van der Waals surface area contributed by atoms with Gasteiger partial charge in [-0.25, -0.2) is 8.78 Å². The molecule has 0 spiro atoms. The van der Waals surface area contributed by atoms with E-state index >= 15 is 0 Å². The first-order chi connectivity index (χ1) is 9.62. The van der Waals surface area contributed by atoms with Gasteiger partial charge in [-0.1, -0.05) is 0 Å². The Morgan fingerprint density at radius 3 is 2.65 bits per heavy atom. The largest absolute Gasteiger partial charge is 0.489 e. The fraction of sp³-hybridized carbons (Fsp3) is 0.133. The summed E-state index contributed by atoms with van der Waals surface area (Å²) in [6.45, 7) is -0.0907. The van der Waals surface area contributed by atoms with E-state index in [1.165, 1.54) is 30.3 Å². The Morgan fingerprint density at radius 2 is 1.95 bits per heavy atom. The molecule has 0 atom stereocenters. The first-order valence-electron chi connectivity index (χ1n) is 5.79. The number of ether oxygens (including phenoxy) is 1. The molecule has 0 fully saturated rings. The van der Waals surface area contributed by atoms with Crippen LogP contribution in [-0.2, 0) is 12.5 Å². The minimum absolute atomic E-state index is 0.0907. The lowest BCUT2D eigenvalue weighted by atomic mass is 10.1. The molecule has 20 heavy (non-hydrogen) atoms. The molecule has 0 aromatic heterocycles. The minimum atomic E-state index is -0.474. The van der Waals surface area contributed by atoms with Crippen molar-refractivity contribution in [2.45, 2.75) is 12.5 Å². The van der Waals surface area contributed by atoms with Crippen LogP contribution >= 0.6 is 11.6 Å². The van der Waals surface area contributed by atoms with Crippen molar-refractivity contribution in [3.8, 4) is 11.8 Å². The van der Waals surface area contributed by atoms with Crippen LogP contribution in [0.3, 0.4) is 0 Å². The van der Waals surface area contributed by atoms with Gasteiger partial charge in [-0.3, -0.25) is 0 Å². The highest BCUT2D eigenvalue weighted by molar-refractivity contribution is 6.17. The zero-order valence-corrected chi connectivity index (χ0v) is 11.1. The Hall–Kier alpha value is -2.12. The summed E-state index contributed by atoms with van der Waals surface area (Å²) in [6.07, 6.45) is 0. The van der Waals surface area contributed by atoms with Gasteiger partial charge < -0.3 is 4.74 Å².